The van der Waals surface area contributed by atoms with Gasteiger partial charge >= 0.3 is 0 Å². The average Bonchev–Trinajstić information content (AvgIpc) is 3.09. The summed E-state index contributed by atoms with van der Waals surface area (Å²) in [5.74, 6) is -0.189. The Balaban J connectivity index is 1.45. The van der Waals surface area contributed by atoms with E-state index in [2.05, 4.69) is 25.4 Å². The van der Waals surface area contributed by atoms with Crippen molar-refractivity contribution in [2.45, 2.75) is 65.2 Å². The minimum atomic E-state index is -0.752. The zero-order valence-corrected chi connectivity index (χ0v) is 23.4. The summed E-state index contributed by atoms with van der Waals surface area (Å²) in [6.45, 7) is 10.8. The van der Waals surface area contributed by atoms with Gasteiger partial charge < -0.3 is 25.0 Å². The van der Waals surface area contributed by atoms with Crippen LogP contribution in [0.5, 0.6) is 0 Å². The first kappa shape index (κ1) is 27.1. The molecule has 0 aliphatic carbocycles. The lowest BCUT2D eigenvalue weighted by atomic mass is 9.82. The number of hydrogen-bond donors (Lipinski definition) is 2. The van der Waals surface area contributed by atoms with Crippen LogP contribution >= 0.6 is 11.6 Å². The minimum absolute atomic E-state index is 0.0988. The summed E-state index contributed by atoms with van der Waals surface area (Å²) in [6, 6.07) is 3.70. The molecule has 206 valence electrons. The fourth-order valence-electron chi connectivity index (χ4n) is 6.05. The van der Waals surface area contributed by atoms with Crippen molar-refractivity contribution in [1.29, 1.82) is 0 Å². The molecule has 38 heavy (non-hydrogen) atoms. The number of rotatable bonds is 5. The topological polar surface area (TPSA) is 82.5 Å². The number of halogens is 2. The standard InChI is InChI=1S/C28H38ClFN6O2/c1-28(2,3)24(27(38)31-21-15-35-12-8-17(21)9-13-35)33-26(37)23-22-16-34(4)10-5-11-36(22)25(32-23)19-14-18(29)6-7-20(19)30/h6-7,14,17,21,24H,5,8-13,15-16H2,1-4H3,(H,31,38)(H,33,37)/t21-,24+/m0/s1. The van der Waals surface area contributed by atoms with E-state index in [0.29, 0.717) is 35.5 Å². The van der Waals surface area contributed by atoms with Crippen molar-refractivity contribution >= 4 is 23.4 Å². The van der Waals surface area contributed by atoms with Gasteiger partial charge in [-0.05, 0) is 75.5 Å². The van der Waals surface area contributed by atoms with E-state index in [1.807, 2.05) is 32.4 Å². The van der Waals surface area contributed by atoms with Crippen LogP contribution in [0.25, 0.3) is 11.4 Å². The lowest BCUT2D eigenvalue weighted by Crippen LogP contribution is -2.62. The Kier molecular flexibility index (Phi) is 7.55. The number of hydrogen-bond acceptors (Lipinski definition) is 5. The zero-order chi connectivity index (χ0) is 27.2. The molecule has 4 aliphatic heterocycles. The van der Waals surface area contributed by atoms with Gasteiger partial charge in [-0.1, -0.05) is 32.4 Å². The van der Waals surface area contributed by atoms with Gasteiger partial charge in [0, 0.05) is 30.7 Å². The van der Waals surface area contributed by atoms with E-state index >= 15 is 0 Å². The molecule has 0 spiro atoms. The van der Waals surface area contributed by atoms with E-state index in [4.69, 9.17) is 11.6 Å². The third-order valence-electron chi connectivity index (χ3n) is 8.19. The normalized spacial score (nSPS) is 24.4. The number of benzene rings is 1. The first-order chi connectivity index (χ1) is 18.0. The molecule has 4 aliphatic rings. The molecule has 2 N–H and O–H groups in total. The molecule has 1 aromatic carbocycles. The summed E-state index contributed by atoms with van der Waals surface area (Å²) < 4.78 is 16.8. The molecule has 1 aromatic heterocycles. The number of carbonyl (C=O) groups is 2. The first-order valence-corrected chi connectivity index (χ1v) is 14.0. The van der Waals surface area contributed by atoms with E-state index in [9.17, 15) is 14.0 Å². The molecule has 0 radical (unpaired) electrons. The van der Waals surface area contributed by atoms with Gasteiger partial charge in [0.1, 0.15) is 17.7 Å². The Hall–Kier alpha value is -2.49. The molecule has 3 fully saturated rings. The quantitative estimate of drug-likeness (QED) is 0.602. The summed E-state index contributed by atoms with van der Waals surface area (Å²) in [6.07, 6.45) is 3.02. The number of nitrogens with zero attached hydrogens (tertiary/aromatic N) is 4. The van der Waals surface area contributed by atoms with Gasteiger partial charge in [-0.2, -0.15) is 0 Å². The molecule has 2 atom stereocenters. The average molecular weight is 545 g/mol. The summed E-state index contributed by atoms with van der Waals surface area (Å²) in [7, 11) is 1.99. The monoisotopic (exact) mass is 544 g/mol. The molecule has 8 nitrogen and oxygen atoms in total. The molecule has 3 saturated heterocycles. The fraction of sp³-hybridized carbons (Fsp3) is 0.607. The van der Waals surface area contributed by atoms with Gasteiger partial charge in [-0.25, -0.2) is 9.37 Å². The second-order valence-corrected chi connectivity index (χ2v) is 12.6. The lowest BCUT2D eigenvalue weighted by Gasteiger charge is -2.45. The molecule has 5 heterocycles. The SMILES string of the molecule is CN1CCCn2c(-c3cc(Cl)ccc3F)nc(C(=O)N[C@H](C(=O)N[C@H]3CN4CCC3CC4)C(C)(C)C)c2C1. The van der Waals surface area contributed by atoms with Crippen molar-refractivity contribution in [1.82, 2.24) is 30.0 Å². The summed E-state index contributed by atoms with van der Waals surface area (Å²) in [4.78, 5) is 36.5. The van der Waals surface area contributed by atoms with Crippen LogP contribution in [0.2, 0.25) is 5.02 Å². The number of nitrogens with one attached hydrogen (secondary N) is 2. The number of amides is 2. The third-order valence-corrected chi connectivity index (χ3v) is 8.42. The van der Waals surface area contributed by atoms with Gasteiger partial charge in [0.2, 0.25) is 5.91 Å². The molecule has 6 rings (SSSR count). The van der Waals surface area contributed by atoms with Gasteiger partial charge in [0.05, 0.1) is 11.3 Å². The van der Waals surface area contributed by atoms with E-state index in [1.165, 1.54) is 12.1 Å². The van der Waals surface area contributed by atoms with E-state index in [-0.39, 0.29) is 23.2 Å². The smallest absolute Gasteiger partial charge is 0.272 e. The van der Waals surface area contributed by atoms with Crippen LogP contribution < -0.4 is 10.6 Å². The maximum absolute atomic E-state index is 14.9. The fourth-order valence-corrected chi connectivity index (χ4v) is 6.22. The van der Waals surface area contributed by atoms with Crippen LogP contribution in [-0.2, 0) is 17.9 Å². The number of piperidine rings is 3. The van der Waals surface area contributed by atoms with Crippen LogP contribution in [0.1, 0.15) is 56.2 Å². The molecule has 2 aromatic rings. The van der Waals surface area contributed by atoms with Crippen LogP contribution in [0.4, 0.5) is 4.39 Å². The van der Waals surface area contributed by atoms with Gasteiger partial charge in [-0.3, -0.25) is 9.59 Å². The largest absolute Gasteiger partial charge is 0.350 e. The van der Waals surface area contributed by atoms with Crippen LogP contribution in [0.15, 0.2) is 18.2 Å². The summed E-state index contributed by atoms with van der Waals surface area (Å²) >= 11 is 6.19. The van der Waals surface area contributed by atoms with Crippen LogP contribution in [0, 0.1) is 17.2 Å². The highest BCUT2D eigenvalue weighted by molar-refractivity contribution is 6.30. The first-order valence-electron chi connectivity index (χ1n) is 13.6. The van der Waals surface area contributed by atoms with Gasteiger partial charge in [0.15, 0.2) is 5.69 Å². The predicted octanol–water partition coefficient (Wildman–Crippen LogP) is 3.53. The lowest BCUT2D eigenvalue weighted by molar-refractivity contribution is -0.127. The number of fused-ring (bicyclic) bond motifs is 4. The van der Waals surface area contributed by atoms with Crippen molar-refractivity contribution in [3.63, 3.8) is 0 Å². The van der Waals surface area contributed by atoms with Crippen molar-refractivity contribution in [2.75, 3.05) is 33.2 Å². The van der Waals surface area contributed by atoms with E-state index in [1.54, 1.807) is 6.07 Å². The predicted molar refractivity (Wildman–Crippen MR) is 145 cm³/mol. The Morgan fingerprint density at radius 3 is 2.55 bits per heavy atom. The van der Waals surface area contributed by atoms with E-state index < -0.39 is 23.2 Å². The third kappa shape index (κ3) is 5.46. The zero-order valence-electron chi connectivity index (χ0n) is 22.7. The molecular weight excluding hydrogens is 507 g/mol. The second kappa shape index (κ2) is 10.6. The number of imidazole rings is 1. The maximum atomic E-state index is 14.9. The number of carbonyl (C=O) groups excluding carboxylic acids is 2. The van der Waals surface area contributed by atoms with Crippen molar-refractivity contribution in [3.05, 3.63) is 40.4 Å². The minimum Gasteiger partial charge on any atom is -0.350 e. The molecular formula is C28H38ClFN6O2. The van der Waals surface area contributed by atoms with E-state index in [0.717, 1.165) is 45.4 Å². The maximum Gasteiger partial charge on any atom is 0.272 e. The summed E-state index contributed by atoms with van der Waals surface area (Å²) in [5.41, 5.74) is 0.665. The molecule has 2 bridgehead atoms. The Morgan fingerprint density at radius 1 is 1.16 bits per heavy atom. The highest BCUT2D eigenvalue weighted by Gasteiger charge is 2.40. The molecule has 0 saturated carbocycles. The van der Waals surface area contributed by atoms with Crippen molar-refractivity contribution in [2.24, 2.45) is 11.3 Å². The highest BCUT2D eigenvalue weighted by Crippen LogP contribution is 2.31. The Labute approximate surface area is 228 Å². The molecule has 2 amide bonds. The number of aromatic nitrogens is 2. The Morgan fingerprint density at radius 2 is 1.89 bits per heavy atom. The molecule has 10 heteroatoms. The molecule has 0 unspecified atom stereocenters. The highest BCUT2D eigenvalue weighted by atomic mass is 35.5. The van der Waals surface area contributed by atoms with Crippen LogP contribution in [-0.4, -0.2) is 76.5 Å². The summed E-state index contributed by atoms with van der Waals surface area (Å²) in [5, 5.41) is 6.64. The van der Waals surface area contributed by atoms with Crippen molar-refractivity contribution < 1.29 is 14.0 Å². The van der Waals surface area contributed by atoms with Gasteiger partial charge in [0.25, 0.3) is 5.91 Å². The van der Waals surface area contributed by atoms with Crippen LogP contribution in [0.3, 0.4) is 0 Å². The van der Waals surface area contributed by atoms with Crippen molar-refractivity contribution in [3.8, 4) is 11.4 Å². The second-order valence-electron chi connectivity index (χ2n) is 12.1. The Bertz CT molecular complexity index is 1220. The van der Waals surface area contributed by atoms with Gasteiger partial charge in [-0.15, -0.1) is 0 Å².